The van der Waals surface area contributed by atoms with E-state index in [0.717, 1.165) is 22.4 Å². The molecule has 0 aliphatic rings. The zero-order chi connectivity index (χ0) is 38.2. The van der Waals surface area contributed by atoms with Crippen LogP contribution in [0.5, 0.6) is 0 Å². The first kappa shape index (κ1) is 44.2. The van der Waals surface area contributed by atoms with E-state index in [0.29, 0.717) is 0 Å². The molecule has 0 aromatic heterocycles. The van der Waals surface area contributed by atoms with Crippen LogP contribution >= 0.6 is 17.0 Å². The van der Waals surface area contributed by atoms with Crippen molar-refractivity contribution >= 4 is 48.1 Å². The Balaban J connectivity index is 0.000000244. The molecule has 0 bridgehead atoms. The van der Waals surface area contributed by atoms with Crippen molar-refractivity contribution in [2.24, 2.45) is 0 Å². The van der Waals surface area contributed by atoms with Crippen LogP contribution in [0.4, 0.5) is 0 Å². The average Bonchev–Trinajstić information content (AvgIpc) is 3.72. The summed E-state index contributed by atoms with van der Waals surface area (Å²) >= 11 is -0.826. The normalized spacial score (nSPS) is 10.5. The van der Waals surface area contributed by atoms with Gasteiger partial charge in [-0.25, -0.2) is 0 Å². The molecule has 0 aliphatic carbocycles. The number of benzene rings is 4. The van der Waals surface area contributed by atoms with Crippen molar-refractivity contribution < 1.29 is 20.8 Å². The van der Waals surface area contributed by atoms with E-state index >= 15 is 0 Å². The molecule has 6 aromatic carbocycles. The van der Waals surface area contributed by atoms with Gasteiger partial charge < -0.3 is 0 Å². The Morgan fingerprint density at radius 2 is 0.865 bits per heavy atom. The van der Waals surface area contributed by atoms with E-state index in [1.54, 1.807) is 0 Å². The van der Waals surface area contributed by atoms with Crippen molar-refractivity contribution in [2.45, 2.75) is 120 Å². The van der Waals surface area contributed by atoms with Crippen LogP contribution in [0.1, 0.15) is 97.9 Å². The molecule has 0 heterocycles. The summed E-state index contributed by atoms with van der Waals surface area (Å²) in [7, 11) is 11.0. The van der Waals surface area contributed by atoms with Gasteiger partial charge in [0.05, 0.1) is 0 Å². The molecular weight excluding hydrogens is 767 g/mol. The van der Waals surface area contributed by atoms with E-state index in [4.69, 9.17) is 17.0 Å². The van der Waals surface area contributed by atoms with E-state index in [2.05, 4.69) is 153 Å². The van der Waals surface area contributed by atoms with Crippen LogP contribution in [0.25, 0.3) is 43.8 Å². The SMILES string of the molecule is CCCCc1cc2c(-c3cc(C)cc(C)c3)c(CC)ccc2[cH-]1.CCCCc1cc2c(-c3cc(C)cc(C)c3)c(CC)ccc2[cH-]1.C[Si]C.[Cl][Zr+2][Cl]. The minimum absolute atomic E-state index is 0.826. The number of aryl methyl sites for hydroxylation is 8. The summed E-state index contributed by atoms with van der Waals surface area (Å²) in [6, 6.07) is 32.7. The predicted molar refractivity (Wildman–Crippen MR) is 234 cm³/mol. The second kappa shape index (κ2) is 22.9. The maximum absolute atomic E-state index is 4.93. The molecule has 274 valence electrons. The fraction of sp³-hybridized carbons (Fsp3) is 0.375. The van der Waals surface area contributed by atoms with Crippen LogP contribution in [0, 0.1) is 27.7 Å². The standard InChI is InChI=1S/2C23H27.C2H6Si.2ClH.Zr/c2*1-5-7-8-18-14-20-10-9-19(6-2)23(22(20)15-18)21-12-16(3)11-17(4)13-21;1-3-2;;;/h2*9-15H,5-8H2,1-4H3;1-2H3;2*1H;/q2*-1;;;;+4/p-2. The Labute approximate surface area is 338 Å². The summed E-state index contributed by atoms with van der Waals surface area (Å²) in [6.45, 7) is 22.1. The van der Waals surface area contributed by atoms with Crippen LogP contribution in [0.2, 0.25) is 13.1 Å². The summed E-state index contributed by atoms with van der Waals surface area (Å²) < 4.78 is 0. The third-order valence-corrected chi connectivity index (χ3v) is 9.49. The fourth-order valence-electron chi connectivity index (χ4n) is 7.34. The number of halogens is 2. The maximum atomic E-state index is 4.93. The van der Waals surface area contributed by atoms with Crippen molar-refractivity contribution in [3.63, 3.8) is 0 Å². The molecule has 0 N–H and O–H groups in total. The monoisotopic (exact) mass is 824 g/mol. The van der Waals surface area contributed by atoms with Crippen LogP contribution in [0.15, 0.2) is 84.9 Å². The first-order valence-electron chi connectivity index (χ1n) is 19.2. The molecule has 0 fully saturated rings. The Morgan fingerprint density at radius 1 is 0.538 bits per heavy atom. The zero-order valence-corrected chi connectivity index (χ0v) is 38.5. The number of rotatable bonds is 10. The van der Waals surface area contributed by atoms with Gasteiger partial charge in [-0.2, -0.15) is 12.1 Å². The van der Waals surface area contributed by atoms with Gasteiger partial charge in [0.1, 0.15) is 0 Å². The number of fused-ring (bicyclic) bond motifs is 2. The van der Waals surface area contributed by atoms with Gasteiger partial charge in [0.2, 0.25) is 0 Å². The molecule has 0 nitrogen and oxygen atoms in total. The van der Waals surface area contributed by atoms with Gasteiger partial charge in [0.25, 0.3) is 0 Å². The number of hydrogen-bond acceptors (Lipinski definition) is 0. The van der Waals surface area contributed by atoms with Gasteiger partial charge in [-0.15, -0.1) is 69.1 Å². The molecule has 6 aromatic rings. The van der Waals surface area contributed by atoms with Crippen LogP contribution in [-0.4, -0.2) is 9.52 Å². The average molecular weight is 827 g/mol. The Kier molecular flexibility index (Phi) is 19.4. The Morgan fingerprint density at radius 3 is 1.15 bits per heavy atom. The molecule has 0 aliphatic heterocycles. The Hall–Kier alpha value is -2.22. The third kappa shape index (κ3) is 12.4. The number of hydrogen-bond donors (Lipinski definition) is 0. The molecule has 0 spiro atoms. The molecule has 4 heteroatoms. The molecule has 0 saturated heterocycles. The molecule has 0 amide bonds. The topological polar surface area (TPSA) is 0 Å². The van der Waals surface area contributed by atoms with Gasteiger partial charge >= 0.3 is 37.9 Å². The van der Waals surface area contributed by atoms with Gasteiger partial charge in [-0.05, 0) is 64.5 Å². The van der Waals surface area contributed by atoms with Gasteiger partial charge in [-0.3, -0.25) is 0 Å². The third-order valence-electron chi connectivity index (χ3n) is 9.49. The summed E-state index contributed by atoms with van der Waals surface area (Å²) in [5.74, 6) is 0. The predicted octanol–water partition coefficient (Wildman–Crippen LogP) is 15.7. The van der Waals surface area contributed by atoms with Crippen LogP contribution < -0.4 is 0 Å². The van der Waals surface area contributed by atoms with E-state index < -0.39 is 20.8 Å². The molecule has 6 rings (SSSR count). The van der Waals surface area contributed by atoms with Crippen LogP contribution in [0.3, 0.4) is 0 Å². The van der Waals surface area contributed by atoms with Crippen molar-refractivity contribution in [3.05, 3.63) is 129 Å². The van der Waals surface area contributed by atoms with Gasteiger partial charge in [-0.1, -0.05) is 147 Å². The van der Waals surface area contributed by atoms with Crippen LogP contribution in [-0.2, 0) is 46.5 Å². The van der Waals surface area contributed by atoms with Gasteiger partial charge in [0, 0.05) is 9.52 Å². The second-order valence-corrected chi connectivity index (χ2v) is 18.9. The first-order valence-corrected chi connectivity index (χ1v) is 27.5. The molecule has 52 heavy (non-hydrogen) atoms. The molecular formula is C48H60Cl2SiZr. The zero-order valence-electron chi connectivity index (χ0n) is 33.5. The first-order chi connectivity index (χ1) is 25.1. The number of unbranched alkanes of at least 4 members (excludes halogenated alkanes) is 2. The fourth-order valence-corrected chi connectivity index (χ4v) is 7.34. The minimum atomic E-state index is -0.826. The van der Waals surface area contributed by atoms with Crippen molar-refractivity contribution in [2.75, 3.05) is 0 Å². The van der Waals surface area contributed by atoms with Gasteiger partial charge in [0.15, 0.2) is 0 Å². The molecule has 0 saturated carbocycles. The summed E-state index contributed by atoms with van der Waals surface area (Å²) in [4.78, 5) is 0. The molecule has 0 unspecified atom stereocenters. The van der Waals surface area contributed by atoms with E-state index in [1.165, 1.54) is 127 Å². The second-order valence-electron chi connectivity index (χ2n) is 14.2. The van der Waals surface area contributed by atoms with Crippen molar-refractivity contribution in [1.82, 2.24) is 0 Å². The van der Waals surface area contributed by atoms with Crippen molar-refractivity contribution in [3.8, 4) is 22.3 Å². The molecule has 0 atom stereocenters. The van der Waals surface area contributed by atoms with Crippen molar-refractivity contribution in [1.29, 1.82) is 0 Å². The summed E-state index contributed by atoms with van der Waals surface area (Å²) in [5.41, 5.74) is 16.9. The van der Waals surface area contributed by atoms with E-state index in [9.17, 15) is 0 Å². The van der Waals surface area contributed by atoms with E-state index in [1.807, 2.05) is 0 Å². The van der Waals surface area contributed by atoms with E-state index in [-0.39, 0.29) is 0 Å². The Bertz CT molecular complexity index is 1790. The summed E-state index contributed by atoms with van der Waals surface area (Å²) in [6.07, 6.45) is 9.60. The summed E-state index contributed by atoms with van der Waals surface area (Å²) in [5, 5.41) is 5.64. The molecule has 2 radical (unpaired) electrons. The quantitative estimate of drug-likeness (QED) is 0.0953.